The van der Waals surface area contributed by atoms with Crippen molar-refractivity contribution >= 4 is 11.7 Å². The summed E-state index contributed by atoms with van der Waals surface area (Å²) in [5.41, 5.74) is 1.90. The second kappa shape index (κ2) is 5.86. The summed E-state index contributed by atoms with van der Waals surface area (Å²) in [7, 11) is 0. The Morgan fingerprint density at radius 3 is 2.61 bits per heavy atom. The molecule has 0 saturated heterocycles. The molecule has 5 nitrogen and oxygen atoms in total. The van der Waals surface area contributed by atoms with Gasteiger partial charge in [0.1, 0.15) is 5.78 Å². The summed E-state index contributed by atoms with van der Waals surface area (Å²) in [5.74, 6) is 0.679. The van der Waals surface area contributed by atoms with Crippen molar-refractivity contribution in [1.82, 2.24) is 15.0 Å². The standard InChI is InChI=1S/C13H14N4O/c1-10(18)4-6-15-13-16-8-12(9-17-13)11-3-2-5-14-7-11/h2-3,5,7-9H,4,6H2,1H3,(H,15,16,17). The Morgan fingerprint density at radius 1 is 1.22 bits per heavy atom. The van der Waals surface area contributed by atoms with Crippen LogP contribution in [0.5, 0.6) is 0 Å². The number of carbonyl (C=O) groups is 1. The second-order valence-electron chi connectivity index (χ2n) is 3.92. The van der Waals surface area contributed by atoms with Crippen LogP contribution >= 0.6 is 0 Å². The van der Waals surface area contributed by atoms with Crippen LogP contribution < -0.4 is 5.32 Å². The molecule has 0 radical (unpaired) electrons. The molecular formula is C13H14N4O. The van der Waals surface area contributed by atoms with E-state index in [-0.39, 0.29) is 5.78 Å². The number of hydrogen-bond acceptors (Lipinski definition) is 5. The van der Waals surface area contributed by atoms with Gasteiger partial charge >= 0.3 is 0 Å². The number of rotatable bonds is 5. The zero-order valence-electron chi connectivity index (χ0n) is 10.1. The first-order valence-corrected chi connectivity index (χ1v) is 5.71. The molecule has 0 aliphatic carbocycles. The highest BCUT2D eigenvalue weighted by molar-refractivity contribution is 5.75. The van der Waals surface area contributed by atoms with Crippen LogP contribution in [0.25, 0.3) is 11.1 Å². The second-order valence-corrected chi connectivity index (χ2v) is 3.92. The third-order valence-electron chi connectivity index (χ3n) is 2.41. The lowest BCUT2D eigenvalue weighted by atomic mass is 10.2. The molecule has 0 aliphatic rings. The third kappa shape index (κ3) is 3.35. The lowest BCUT2D eigenvalue weighted by Gasteiger charge is -2.04. The lowest BCUT2D eigenvalue weighted by Crippen LogP contribution is -2.08. The number of carbonyl (C=O) groups excluding carboxylic acids is 1. The molecule has 0 fully saturated rings. The first-order valence-electron chi connectivity index (χ1n) is 5.71. The predicted molar refractivity (Wildman–Crippen MR) is 69.1 cm³/mol. The summed E-state index contributed by atoms with van der Waals surface area (Å²) in [6, 6.07) is 3.82. The average Bonchev–Trinajstić information content (AvgIpc) is 2.40. The molecule has 0 spiro atoms. The Bertz CT molecular complexity index is 510. The molecule has 0 aliphatic heterocycles. The molecule has 0 amide bonds. The Balaban J connectivity index is 2.00. The largest absolute Gasteiger partial charge is 0.354 e. The maximum Gasteiger partial charge on any atom is 0.222 e. The molecular weight excluding hydrogens is 228 g/mol. The summed E-state index contributed by atoms with van der Waals surface area (Å²) in [6.07, 6.45) is 7.44. The van der Waals surface area contributed by atoms with Crippen molar-refractivity contribution in [3.8, 4) is 11.1 Å². The normalized spacial score (nSPS) is 10.1. The molecule has 0 saturated carbocycles. The molecule has 1 N–H and O–H groups in total. The fourth-order valence-electron chi connectivity index (χ4n) is 1.45. The molecule has 2 rings (SSSR count). The van der Waals surface area contributed by atoms with E-state index in [2.05, 4.69) is 20.3 Å². The van der Waals surface area contributed by atoms with Gasteiger partial charge in [-0.2, -0.15) is 0 Å². The van der Waals surface area contributed by atoms with Crippen LogP contribution in [-0.2, 0) is 4.79 Å². The minimum atomic E-state index is 0.148. The van der Waals surface area contributed by atoms with Gasteiger partial charge in [-0.05, 0) is 13.0 Å². The number of anilines is 1. The first-order chi connectivity index (χ1) is 8.75. The number of nitrogens with one attached hydrogen (secondary N) is 1. The summed E-state index contributed by atoms with van der Waals surface area (Å²) < 4.78 is 0. The number of pyridine rings is 1. The molecule has 2 aromatic heterocycles. The van der Waals surface area contributed by atoms with E-state index in [0.717, 1.165) is 11.1 Å². The van der Waals surface area contributed by atoms with Crippen molar-refractivity contribution in [3.63, 3.8) is 0 Å². The van der Waals surface area contributed by atoms with Crippen LogP contribution in [0.2, 0.25) is 0 Å². The Labute approximate surface area is 105 Å². The van der Waals surface area contributed by atoms with Gasteiger partial charge < -0.3 is 5.32 Å². The number of ketones is 1. The van der Waals surface area contributed by atoms with Crippen LogP contribution in [-0.4, -0.2) is 27.3 Å². The van der Waals surface area contributed by atoms with Gasteiger partial charge in [-0.3, -0.25) is 9.78 Å². The SMILES string of the molecule is CC(=O)CCNc1ncc(-c2cccnc2)cn1. The van der Waals surface area contributed by atoms with Crippen LogP contribution in [0.4, 0.5) is 5.95 Å². The van der Waals surface area contributed by atoms with Gasteiger partial charge in [0.15, 0.2) is 0 Å². The van der Waals surface area contributed by atoms with E-state index in [1.54, 1.807) is 31.7 Å². The fraction of sp³-hybridized carbons (Fsp3) is 0.231. The molecule has 92 valence electrons. The molecule has 5 heteroatoms. The zero-order valence-corrected chi connectivity index (χ0v) is 10.1. The first kappa shape index (κ1) is 12.2. The third-order valence-corrected chi connectivity index (χ3v) is 2.41. The average molecular weight is 242 g/mol. The smallest absolute Gasteiger partial charge is 0.222 e. The molecule has 0 atom stereocenters. The highest BCUT2D eigenvalue weighted by Crippen LogP contribution is 2.15. The van der Waals surface area contributed by atoms with Gasteiger partial charge in [0.2, 0.25) is 5.95 Å². The minimum absolute atomic E-state index is 0.148. The van der Waals surface area contributed by atoms with E-state index in [0.29, 0.717) is 18.9 Å². The van der Waals surface area contributed by atoms with Crippen molar-refractivity contribution < 1.29 is 4.79 Å². The highest BCUT2D eigenvalue weighted by atomic mass is 16.1. The topological polar surface area (TPSA) is 67.8 Å². The molecule has 2 heterocycles. The molecule has 0 aromatic carbocycles. The zero-order chi connectivity index (χ0) is 12.8. The van der Waals surface area contributed by atoms with Crippen LogP contribution in [0.3, 0.4) is 0 Å². The monoisotopic (exact) mass is 242 g/mol. The van der Waals surface area contributed by atoms with Crippen LogP contribution in [0.1, 0.15) is 13.3 Å². The van der Waals surface area contributed by atoms with Crippen molar-refractivity contribution in [1.29, 1.82) is 0 Å². The maximum absolute atomic E-state index is 10.8. The van der Waals surface area contributed by atoms with E-state index in [9.17, 15) is 4.79 Å². The lowest BCUT2D eigenvalue weighted by molar-refractivity contribution is -0.116. The van der Waals surface area contributed by atoms with Gasteiger partial charge in [-0.25, -0.2) is 9.97 Å². The number of nitrogens with zero attached hydrogens (tertiary/aromatic N) is 3. The molecule has 18 heavy (non-hydrogen) atoms. The van der Waals surface area contributed by atoms with E-state index in [4.69, 9.17) is 0 Å². The summed E-state index contributed by atoms with van der Waals surface area (Å²) >= 11 is 0. The van der Waals surface area contributed by atoms with E-state index in [1.807, 2.05) is 12.1 Å². The van der Waals surface area contributed by atoms with E-state index in [1.165, 1.54) is 0 Å². The highest BCUT2D eigenvalue weighted by Gasteiger charge is 2.00. The summed E-state index contributed by atoms with van der Waals surface area (Å²) in [5, 5.41) is 3.00. The molecule has 0 bridgehead atoms. The summed E-state index contributed by atoms with van der Waals surface area (Å²) in [4.78, 5) is 23.2. The van der Waals surface area contributed by atoms with Crippen molar-refractivity contribution in [2.24, 2.45) is 0 Å². The van der Waals surface area contributed by atoms with Crippen LogP contribution in [0.15, 0.2) is 36.9 Å². The number of aromatic nitrogens is 3. The Kier molecular flexibility index (Phi) is 3.96. The van der Waals surface area contributed by atoms with Gasteiger partial charge in [0.25, 0.3) is 0 Å². The van der Waals surface area contributed by atoms with Crippen molar-refractivity contribution in [2.75, 3.05) is 11.9 Å². The maximum atomic E-state index is 10.8. The predicted octanol–water partition coefficient (Wildman–Crippen LogP) is 1.93. The van der Waals surface area contributed by atoms with Gasteiger partial charge in [0, 0.05) is 48.9 Å². The minimum Gasteiger partial charge on any atom is -0.354 e. The van der Waals surface area contributed by atoms with Crippen molar-refractivity contribution in [3.05, 3.63) is 36.9 Å². The van der Waals surface area contributed by atoms with Crippen molar-refractivity contribution in [2.45, 2.75) is 13.3 Å². The molecule has 0 unspecified atom stereocenters. The summed E-state index contributed by atoms with van der Waals surface area (Å²) in [6.45, 7) is 2.12. The number of Topliss-reactive ketones (excluding diaryl/α,β-unsaturated/α-hetero) is 1. The molecule has 2 aromatic rings. The quantitative estimate of drug-likeness (QED) is 0.867. The Morgan fingerprint density at radius 2 is 2.00 bits per heavy atom. The number of hydrogen-bond donors (Lipinski definition) is 1. The van der Waals surface area contributed by atoms with Gasteiger partial charge in [0.05, 0.1) is 0 Å². The van der Waals surface area contributed by atoms with Crippen LogP contribution in [0, 0.1) is 0 Å². The van der Waals surface area contributed by atoms with Gasteiger partial charge in [-0.15, -0.1) is 0 Å². The Hall–Kier alpha value is -2.30. The van der Waals surface area contributed by atoms with Gasteiger partial charge in [-0.1, -0.05) is 6.07 Å². The van der Waals surface area contributed by atoms with E-state index < -0.39 is 0 Å². The fourth-order valence-corrected chi connectivity index (χ4v) is 1.45. The van der Waals surface area contributed by atoms with E-state index >= 15 is 0 Å².